The van der Waals surface area contributed by atoms with E-state index in [0.717, 1.165) is 0 Å². The van der Waals surface area contributed by atoms with Crippen molar-refractivity contribution in [2.45, 2.75) is 3.92 Å². The van der Waals surface area contributed by atoms with Crippen molar-refractivity contribution < 1.29 is 9.90 Å². The summed E-state index contributed by atoms with van der Waals surface area (Å²) in [4.78, 5) is 9.92. The fraction of sp³-hybridized carbons (Fsp3) is 0.667. The zero-order valence-corrected chi connectivity index (χ0v) is 11.6. The van der Waals surface area contributed by atoms with Crippen molar-refractivity contribution >= 4 is 77.0 Å². The quantitative estimate of drug-likeness (QED) is 0.512. The van der Waals surface area contributed by atoms with Crippen molar-refractivity contribution in [2.24, 2.45) is 0 Å². The molecule has 0 aromatic rings. The molecule has 0 aliphatic rings. The summed E-state index contributed by atoms with van der Waals surface area (Å²) in [6.45, 7) is 0. The van der Waals surface area contributed by atoms with Crippen LogP contribution in [0, 0.1) is 0 Å². The molecule has 1 N–H and O–H groups in total. The standard InChI is InChI=1S/C3H4I2O2.In/c4-1-2(5)3(6)7;/h2H,1H2,(H,6,7);. The van der Waals surface area contributed by atoms with E-state index in [2.05, 4.69) is 0 Å². The minimum atomic E-state index is -0.727. The van der Waals surface area contributed by atoms with Crippen LogP contribution >= 0.6 is 45.2 Å². The maximum atomic E-state index is 9.92. The van der Waals surface area contributed by atoms with Crippen molar-refractivity contribution in [3.63, 3.8) is 0 Å². The van der Waals surface area contributed by atoms with Gasteiger partial charge in [0, 0.05) is 30.3 Å². The van der Waals surface area contributed by atoms with Gasteiger partial charge in [-0.05, 0) is 0 Å². The molecule has 1 atom stereocenters. The van der Waals surface area contributed by atoms with E-state index in [-0.39, 0.29) is 29.8 Å². The van der Waals surface area contributed by atoms with Gasteiger partial charge in [0.05, 0.1) is 0 Å². The van der Waals surface area contributed by atoms with Gasteiger partial charge in [0.2, 0.25) is 0 Å². The third-order valence-corrected chi connectivity index (χ3v) is 3.94. The number of carboxylic acids is 1. The molecule has 0 fully saturated rings. The third-order valence-electron chi connectivity index (χ3n) is 0.403. The van der Waals surface area contributed by atoms with Crippen LogP contribution < -0.4 is 0 Å². The van der Waals surface area contributed by atoms with Crippen LogP contribution in [0.25, 0.3) is 0 Å². The third kappa shape index (κ3) is 5.93. The number of hydrogen-bond donors (Lipinski definition) is 1. The van der Waals surface area contributed by atoms with Crippen molar-refractivity contribution in [2.75, 3.05) is 4.43 Å². The van der Waals surface area contributed by atoms with Gasteiger partial charge in [0.1, 0.15) is 3.92 Å². The van der Waals surface area contributed by atoms with E-state index in [0.29, 0.717) is 4.43 Å². The summed E-state index contributed by atoms with van der Waals surface area (Å²) in [7, 11) is 0. The molecule has 1 unspecified atom stereocenters. The van der Waals surface area contributed by atoms with Crippen molar-refractivity contribution in [3.8, 4) is 0 Å². The van der Waals surface area contributed by atoms with E-state index in [1.165, 1.54) is 0 Å². The molecule has 0 aliphatic heterocycles. The molecule has 0 spiro atoms. The number of halogens is 2. The molecule has 0 aromatic heterocycles. The molecule has 0 amide bonds. The first kappa shape index (κ1) is 12.5. The average molecular weight is 441 g/mol. The molecule has 45 valence electrons. The molecule has 2 nitrogen and oxygen atoms in total. The van der Waals surface area contributed by atoms with E-state index in [9.17, 15) is 4.79 Å². The Kier molecular flexibility index (Phi) is 10.8. The van der Waals surface area contributed by atoms with Crippen LogP contribution in [0.15, 0.2) is 0 Å². The molecule has 0 rings (SSSR count). The van der Waals surface area contributed by atoms with Gasteiger partial charge < -0.3 is 5.11 Å². The van der Waals surface area contributed by atoms with Gasteiger partial charge in [0.15, 0.2) is 0 Å². The summed E-state index contributed by atoms with van der Waals surface area (Å²) < 4.78 is 0.450. The molecule has 0 saturated heterocycles. The molecule has 0 bridgehead atoms. The normalized spacial score (nSPS) is 11.8. The Hall–Kier alpha value is 1.80. The molecular weight excluding hydrogens is 437 g/mol. The maximum Gasteiger partial charge on any atom is 0.317 e. The van der Waals surface area contributed by atoms with E-state index in [4.69, 9.17) is 5.11 Å². The summed E-state index contributed by atoms with van der Waals surface area (Å²) in [5, 5.41) is 8.17. The Morgan fingerprint density at radius 2 is 2.12 bits per heavy atom. The summed E-state index contributed by atoms with van der Waals surface area (Å²) in [6.07, 6.45) is 0. The summed E-state index contributed by atoms with van der Waals surface area (Å²) in [5.74, 6) is -0.727. The molecule has 0 saturated carbocycles. The Morgan fingerprint density at radius 1 is 1.75 bits per heavy atom. The van der Waals surface area contributed by atoms with Gasteiger partial charge in [-0.2, -0.15) is 0 Å². The maximum absolute atomic E-state index is 9.92. The Labute approximate surface area is 93.9 Å². The first-order valence-corrected chi connectivity index (χ1v) is 4.38. The van der Waals surface area contributed by atoms with Crippen LogP contribution in [0.3, 0.4) is 0 Å². The van der Waals surface area contributed by atoms with Crippen LogP contribution in [0.4, 0.5) is 0 Å². The number of alkyl halides is 2. The van der Waals surface area contributed by atoms with Crippen LogP contribution in [-0.2, 0) is 4.79 Å². The summed E-state index contributed by atoms with van der Waals surface area (Å²) >= 11 is 3.93. The van der Waals surface area contributed by atoms with Crippen molar-refractivity contribution in [1.29, 1.82) is 0 Å². The number of aliphatic carboxylic acids is 1. The van der Waals surface area contributed by atoms with Crippen LogP contribution in [0.2, 0.25) is 0 Å². The molecule has 0 heterocycles. The zero-order chi connectivity index (χ0) is 5.86. The van der Waals surface area contributed by atoms with Gasteiger partial charge in [-0.3, -0.25) is 4.79 Å². The second-order valence-corrected chi connectivity index (χ2v) is 3.34. The molecular formula is C3H4I2InO2. The number of carboxylic acid groups (broad SMARTS) is 1. The first-order chi connectivity index (χ1) is 3.18. The monoisotopic (exact) mass is 441 g/mol. The van der Waals surface area contributed by atoms with E-state index in [1.807, 2.05) is 45.2 Å². The molecule has 0 aromatic carbocycles. The Bertz CT molecular complexity index is 77.7. The fourth-order valence-corrected chi connectivity index (χ4v) is 0.443. The predicted octanol–water partition coefficient (Wildman–Crippen LogP) is 0.929. The van der Waals surface area contributed by atoms with Gasteiger partial charge in [-0.25, -0.2) is 0 Å². The van der Waals surface area contributed by atoms with Crippen molar-refractivity contribution in [1.82, 2.24) is 0 Å². The van der Waals surface area contributed by atoms with E-state index in [1.54, 1.807) is 0 Å². The first-order valence-electron chi connectivity index (χ1n) is 1.61. The molecule has 0 aliphatic carbocycles. The Balaban J connectivity index is 0. The van der Waals surface area contributed by atoms with Crippen LogP contribution in [0.1, 0.15) is 0 Å². The number of rotatable bonds is 2. The predicted molar refractivity (Wildman–Crippen MR) is 50.1 cm³/mol. The largest absolute Gasteiger partial charge is 0.480 e. The number of hydrogen-bond acceptors (Lipinski definition) is 1. The molecule has 3 radical (unpaired) electrons. The second kappa shape index (κ2) is 6.91. The van der Waals surface area contributed by atoms with Crippen molar-refractivity contribution in [3.05, 3.63) is 0 Å². The van der Waals surface area contributed by atoms with Crippen LogP contribution in [0.5, 0.6) is 0 Å². The van der Waals surface area contributed by atoms with E-state index < -0.39 is 5.97 Å². The zero-order valence-electron chi connectivity index (χ0n) is 3.97. The number of carbonyl (C=O) groups is 1. The summed E-state index contributed by atoms with van der Waals surface area (Å²) in [5.41, 5.74) is 0. The van der Waals surface area contributed by atoms with E-state index >= 15 is 0 Å². The SMILES string of the molecule is O=C(O)C(I)CI.[In]. The van der Waals surface area contributed by atoms with Gasteiger partial charge in [-0.1, -0.05) is 45.2 Å². The summed E-state index contributed by atoms with van der Waals surface area (Å²) in [6, 6.07) is 0. The topological polar surface area (TPSA) is 37.3 Å². The van der Waals surface area contributed by atoms with Gasteiger partial charge >= 0.3 is 5.97 Å². The minimum Gasteiger partial charge on any atom is -0.480 e. The van der Waals surface area contributed by atoms with Gasteiger partial charge in [0.25, 0.3) is 0 Å². The second-order valence-electron chi connectivity index (χ2n) is 0.960. The molecule has 8 heavy (non-hydrogen) atoms. The minimum absolute atomic E-state index is 0. The average Bonchev–Trinajstić information content (AvgIpc) is 1.65. The van der Waals surface area contributed by atoms with Crippen LogP contribution in [-0.4, -0.2) is 45.3 Å². The molecule has 5 heteroatoms. The Morgan fingerprint density at radius 3 is 2.12 bits per heavy atom. The fourth-order valence-electron chi connectivity index (χ4n) is 0.0660. The smallest absolute Gasteiger partial charge is 0.317 e. The van der Waals surface area contributed by atoms with Gasteiger partial charge in [-0.15, -0.1) is 0 Å².